The van der Waals surface area contributed by atoms with Gasteiger partial charge in [-0.05, 0) is 35.9 Å². The Morgan fingerprint density at radius 3 is 2.32 bits per heavy atom. The van der Waals surface area contributed by atoms with E-state index < -0.39 is 0 Å². The van der Waals surface area contributed by atoms with Crippen molar-refractivity contribution in [1.29, 1.82) is 0 Å². The van der Waals surface area contributed by atoms with Gasteiger partial charge in [-0.15, -0.1) is 0 Å². The molecule has 2 amide bonds. The lowest BCUT2D eigenvalue weighted by molar-refractivity contribution is 0.256. The molecule has 3 aromatic rings. The fraction of sp³-hybridized carbons (Fsp3) is 0.105. The van der Waals surface area contributed by atoms with E-state index in [-0.39, 0.29) is 6.03 Å². The van der Waals surface area contributed by atoms with Crippen molar-refractivity contribution in [2.75, 3.05) is 17.3 Å². The highest BCUT2D eigenvalue weighted by Crippen LogP contribution is 2.17. The summed E-state index contributed by atoms with van der Waals surface area (Å²) in [5.74, 6) is 1.07. The number of ether oxygens (including phenoxy) is 1. The van der Waals surface area contributed by atoms with Gasteiger partial charge in [0.1, 0.15) is 5.75 Å². The molecule has 3 rings (SSSR count). The lowest BCUT2D eigenvalue weighted by atomic mass is 10.2. The van der Waals surface area contributed by atoms with Crippen LogP contribution in [0.1, 0.15) is 5.56 Å². The number of anilines is 2. The third kappa shape index (κ3) is 4.32. The van der Waals surface area contributed by atoms with E-state index in [4.69, 9.17) is 4.74 Å². The van der Waals surface area contributed by atoms with Gasteiger partial charge in [0.25, 0.3) is 0 Å². The van der Waals surface area contributed by atoms with Gasteiger partial charge in [-0.1, -0.05) is 30.3 Å². The van der Waals surface area contributed by atoms with Crippen LogP contribution in [0.15, 0.2) is 73.1 Å². The van der Waals surface area contributed by atoms with Crippen molar-refractivity contribution in [1.82, 2.24) is 9.97 Å². The van der Waals surface area contributed by atoms with Gasteiger partial charge in [0.05, 0.1) is 13.7 Å². The second-order valence-corrected chi connectivity index (χ2v) is 5.28. The topological polar surface area (TPSA) is 67.3 Å². The molecule has 0 saturated carbocycles. The first-order valence-electron chi connectivity index (χ1n) is 7.80. The van der Waals surface area contributed by atoms with E-state index in [1.165, 1.54) is 4.90 Å². The number of benzene rings is 2. The van der Waals surface area contributed by atoms with E-state index in [1.807, 2.05) is 30.3 Å². The number of amides is 2. The highest BCUT2D eigenvalue weighted by atomic mass is 16.5. The third-order valence-electron chi connectivity index (χ3n) is 3.56. The predicted octanol–water partition coefficient (Wildman–Crippen LogP) is 3.72. The first-order valence-corrected chi connectivity index (χ1v) is 7.80. The monoisotopic (exact) mass is 334 g/mol. The Hall–Kier alpha value is -3.41. The van der Waals surface area contributed by atoms with E-state index >= 15 is 0 Å². The number of carbonyl (C=O) groups is 1. The molecule has 2 aromatic carbocycles. The van der Waals surface area contributed by atoms with Crippen LogP contribution in [0.3, 0.4) is 0 Å². The van der Waals surface area contributed by atoms with Crippen LogP contribution >= 0.6 is 0 Å². The number of urea groups is 1. The summed E-state index contributed by atoms with van der Waals surface area (Å²) in [4.78, 5) is 22.7. The molecule has 0 aliphatic carbocycles. The van der Waals surface area contributed by atoms with Gasteiger partial charge in [-0.2, -0.15) is 0 Å². The van der Waals surface area contributed by atoms with Crippen LogP contribution in [0.4, 0.5) is 16.4 Å². The van der Waals surface area contributed by atoms with E-state index in [1.54, 1.807) is 49.8 Å². The number of methoxy groups -OCH3 is 1. The molecule has 6 nitrogen and oxygen atoms in total. The molecular weight excluding hydrogens is 316 g/mol. The SMILES string of the molecule is COc1ccc(NC(=O)N(Cc2ccccc2)c2ncccn2)cc1. The van der Waals surface area contributed by atoms with Gasteiger partial charge in [0, 0.05) is 18.1 Å². The highest BCUT2D eigenvalue weighted by molar-refractivity contribution is 6.00. The first-order chi connectivity index (χ1) is 12.3. The van der Waals surface area contributed by atoms with E-state index in [0.29, 0.717) is 18.2 Å². The molecule has 1 heterocycles. The fourth-order valence-corrected chi connectivity index (χ4v) is 2.30. The van der Waals surface area contributed by atoms with E-state index in [9.17, 15) is 4.79 Å². The molecule has 0 spiro atoms. The van der Waals surface area contributed by atoms with Crippen molar-refractivity contribution in [3.63, 3.8) is 0 Å². The van der Waals surface area contributed by atoms with Crippen molar-refractivity contribution < 1.29 is 9.53 Å². The summed E-state index contributed by atoms with van der Waals surface area (Å²) in [7, 11) is 1.60. The molecule has 0 aliphatic rings. The van der Waals surface area contributed by atoms with Crippen molar-refractivity contribution in [3.8, 4) is 5.75 Å². The first kappa shape index (κ1) is 16.4. The smallest absolute Gasteiger partial charge is 0.329 e. The lowest BCUT2D eigenvalue weighted by Gasteiger charge is -2.21. The Morgan fingerprint density at radius 2 is 1.68 bits per heavy atom. The van der Waals surface area contributed by atoms with Gasteiger partial charge in [0.15, 0.2) is 0 Å². The van der Waals surface area contributed by atoms with Crippen LogP contribution < -0.4 is 15.0 Å². The summed E-state index contributed by atoms with van der Waals surface area (Å²) in [6.07, 6.45) is 3.22. The molecule has 0 bridgehead atoms. The quantitative estimate of drug-likeness (QED) is 0.772. The molecular formula is C19H18N4O2. The summed E-state index contributed by atoms with van der Waals surface area (Å²) in [6.45, 7) is 0.368. The maximum Gasteiger partial charge on any atom is 0.329 e. The zero-order valence-corrected chi connectivity index (χ0v) is 13.8. The largest absolute Gasteiger partial charge is 0.497 e. The van der Waals surface area contributed by atoms with Crippen molar-refractivity contribution in [2.45, 2.75) is 6.54 Å². The summed E-state index contributed by atoms with van der Waals surface area (Å²) in [5, 5.41) is 2.86. The van der Waals surface area contributed by atoms with E-state index in [2.05, 4.69) is 15.3 Å². The number of aromatic nitrogens is 2. The van der Waals surface area contributed by atoms with Crippen molar-refractivity contribution >= 4 is 17.7 Å². The van der Waals surface area contributed by atoms with Crippen molar-refractivity contribution in [3.05, 3.63) is 78.6 Å². The number of carbonyl (C=O) groups excluding carboxylic acids is 1. The number of rotatable bonds is 5. The molecule has 0 unspecified atom stereocenters. The normalized spacial score (nSPS) is 10.1. The zero-order valence-electron chi connectivity index (χ0n) is 13.8. The number of nitrogens with zero attached hydrogens (tertiary/aromatic N) is 3. The number of nitrogens with one attached hydrogen (secondary N) is 1. The maximum atomic E-state index is 12.8. The van der Waals surface area contributed by atoms with Crippen LogP contribution in [0.25, 0.3) is 0 Å². The minimum absolute atomic E-state index is 0.305. The Balaban J connectivity index is 1.81. The molecule has 1 aromatic heterocycles. The predicted molar refractivity (Wildman–Crippen MR) is 96.7 cm³/mol. The molecule has 0 atom stereocenters. The molecule has 0 saturated heterocycles. The highest BCUT2D eigenvalue weighted by Gasteiger charge is 2.18. The van der Waals surface area contributed by atoms with Crippen LogP contribution in [-0.4, -0.2) is 23.1 Å². The molecule has 126 valence electrons. The standard InChI is InChI=1S/C19H18N4O2/c1-25-17-10-8-16(9-11-17)22-19(24)23(18-20-12-5-13-21-18)14-15-6-3-2-4-7-15/h2-13H,14H2,1H3,(H,22,24). The fourth-order valence-electron chi connectivity index (χ4n) is 2.30. The lowest BCUT2D eigenvalue weighted by Crippen LogP contribution is -2.35. The maximum absolute atomic E-state index is 12.8. The van der Waals surface area contributed by atoms with Gasteiger partial charge in [0.2, 0.25) is 5.95 Å². The minimum atomic E-state index is -0.305. The van der Waals surface area contributed by atoms with Crippen LogP contribution in [-0.2, 0) is 6.54 Å². The van der Waals surface area contributed by atoms with Crippen LogP contribution in [0.2, 0.25) is 0 Å². The average molecular weight is 334 g/mol. The van der Waals surface area contributed by atoms with E-state index in [0.717, 1.165) is 11.3 Å². The number of hydrogen-bond donors (Lipinski definition) is 1. The Bertz CT molecular complexity index is 808. The third-order valence-corrected chi connectivity index (χ3v) is 3.56. The van der Waals surface area contributed by atoms with Crippen molar-refractivity contribution in [2.24, 2.45) is 0 Å². The summed E-state index contributed by atoms with van der Waals surface area (Å²) in [6, 6.07) is 18.3. The van der Waals surface area contributed by atoms with Gasteiger partial charge in [-0.25, -0.2) is 14.8 Å². The van der Waals surface area contributed by atoms with Gasteiger partial charge >= 0.3 is 6.03 Å². The second kappa shape index (κ2) is 7.92. The Labute approximate surface area is 146 Å². The van der Waals surface area contributed by atoms with Gasteiger partial charge < -0.3 is 10.1 Å². The summed E-state index contributed by atoms with van der Waals surface area (Å²) >= 11 is 0. The minimum Gasteiger partial charge on any atom is -0.497 e. The zero-order chi connectivity index (χ0) is 17.5. The van der Waals surface area contributed by atoms with Crippen LogP contribution in [0, 0.1) is 0 Å². The van der Waals surface area contributed by atoms with Gasteiger partial charge in [-0.3, -0.25) is 4.90 Å². The Kier molecular flexibility index (Phi) is 5.21. The number of hydrogen-bond acceptors (Lipinski definition) is 4. The molecule has 0 radical (unpaired) electrons. The molecule has 0 fully saturated rings. The molecule has 25 heavy (non-hydrogen) atoms. The van der Waals surface area contributed by atoms with Crippen LogP contribution in [0.5, 0.6) is 5.75 Å². The molecule has 0 aliphatic heterocycles. The molecule has 6 heteroatoms. The second-order valence-electron chi connectivity index (χ2n) is 5.28. The Morgan fingerprint density at radius 1 is 1.00 bits per heavy atom. The molecule has 1 N–H and O–H groups in total. The summed E-state index contributed by atoms with van der Waals surface area (Å²) < 4.78 is 5.13. The average Bonchev–Trinajstić information content (AvgIpc) is 2.68. The summed E-state index contributed by atoms with van der Waals surface area (Å²) in [5.41, 5.74) is 1.65.